The molecule has 0 unspecified atom stereocenters. The lowest BCUT2D eigenvalue weighted by molar-refractivity contribution is 0.0842. The van der Waals surface area contributed by atoms with Gasteiger partial charge in [0.15, 0.2) is 0 Å². The van der Waals surface area contributed by atoms with Crippen molar-refractivity contribution >= 4 is 16.5 Å². The van der Waals surface area contributed by atoms with Crippen LogP contribution in [0.15, 0.2) is 36.0 Å². The van der Waals surface area contributed by atoms with Crippen LogP contribution < -0.4 is 10.1 Å². The van der Waals surface area contributed by atoms with Crippen molar-refractivity contribution in [3.63, 3.8) is 0 Å². The molecule has 1 aromatic heterocycles. The molecule has 5 heteroatoms. The minimum Gasteiger partial charge on any atom is -0.491 e. The normalized spacial score (nSPS) is 16.3. The van der Waals surface area contributed by atoms with E-state index in [1.165, 1.54) is 11.3 Å². The largest absolute Gasteiger partial charge is 0.491 e. The molecule has 0 amide bonds. The van der Waals surface area contributed by atoms with E-state index in [4.69, 9.17) is 9.72 Å². The van der Waals surface area contributed by atoms with Crippen LogP contribution in [-0.2, 0) is 0 Å². The summed E-state index contributed by atoms with van der Waals surface area (Å²) in [6.07, 6.45) is 1.08. The highest BCUT2D eigenvalue weighted by atomic mass is 19.1. The summed E-state index contributed by atoms with van der Waals surface area (Å²) in [7, 11) is 0. The molecule has 0 saturated heterocycles. The van der Waals surface area contributed by atoms with Crippen molar-refractivity contribution in [1.29, 1.82) is 0 Å². The maximum atomic E-state index is 12.2. The lowest BCUT2D eigenvalue weighted by Crippen LogP contribution is -2.19. The average Bonchev–Trinajstić information content (AvgIpc) is 2.59. The highest BCUT2D eigenvalue weighted by Crippen LogP contribution is 2.27. The lowest BCUT2D eigenvalue weighted by Gasteiger charge is -2.19. The number of aromatic nitrogens is 1. The van der Waals surface area contributed by atoms with Crippen LogP contribution in [0, 0.1) is 0 Å². The number of fused-ring (bicyclic) bond motifs is 1. The Balaban J connectivity index is 1.84. The Hall–Kier alpha value is -2.14. The van der Waals surface area contributed by atoms with Crippen molar-refractivity contribution in [1.82, 2.24) is 10.3 Å². The molecule has 0 bridgehead atoms. The molecule has 2 aromatic rings. The fourth-order valence-electron chi connectivity index (χ4n) is 2.75. The van der Waals surface area contributed by atoms with Gasteiger partial charge in [0.05, 0.1) is 11.2 Å². The summed E-state index contributed by atoms with van der Waals surface area (Å²) in [6, 6.07) is 9.59. The first-order valence-corrected chi connectivity index (χ1v) is 7.89. The number of hydrogen-bond donors (Lipinski definition) is 2. The van der Waals surface area contributed by atoms with E-state index in [2.05, 4.69) is 12.2 Å². The smallest absolute Gasteiger partial charge is 0.120 e. The van der Waals surface area contributed by atoms with Crippen molar-refractivity contribution in [2.45, 2.75) is 25.9 Å². The van der Waals surface area contributed by atoms with Crippen LogP contribution >= 0.6 is 0 Å². The van der Waals surface area contributed by atoms with Crippen LogP contribution in [0.4, 0.5) is 4.39 Å². The third kappa shape index (κ3) is 3.62. The third-order valence-corrected chi connectivity index (χ3v) is 4.04. The quantitative estimate of drug-likeness (QED) is 0.890. The molecule has 3 rings (SSSR count). The molecule has 0 saturated carbocycles. The number of benzene rings is 1. The summed E-state index contributed by atoms with van der Waals surface area (Å²) in [4.78, 5) is 4.74. The zero-order valence-electron chi connectivity index (χ0n) is 13.2. The Kier molecular flexibility index (Phi) is 4.76. The second-order valence-corrected chi connectivity index (χ2v) is 5.80. The molecule has 4 nitrogen and oxygen atoms in total. The van der Waals surface area contributed by atoms with E-state index in [0.717, 1.165) is 36.0 Å². The number of nitrogens with one attached hydrogen (secondary N) is 1. The maximum Gasteiger partial charge on any atom is 0.120 e. The van der Waals surface area contributed by atoms with Crippen molar-refractivity contribution in [2.75, 3.05) is 19.8 Å². The molecule has 122 valence electrons. The van der Waals surface area contributed by atoms with Gasteiger partial charge in [-0.15, -0.1) is 0 Å². The van der Waals surface area contributed by atoms with Crippen molar-refractivity contribution < 1.29 is 14.2 Å². The van der Waals surface area contributed by atoms with Gasteiger partial charge >= 0.3 is 0 Å². The molecule has 0 fully saturated rings. The summed E-state index contributed by atoms with van der Waals surface area (Å²) in [6.45, 7) is 2.26. The Morgan fingerprint density at radius 3 is 3.00 bits per heavy atom. The minimum atomic E-state index is -1.08. The van der Waals surface area contributed by atoms with Crippen molar-refractivity contribution in [2.24, 2.45) is 0 Å². The topological polar surface area (TPSA) is 54.4 Å². The Morgan fingerprint density at radius 2 is 2.22 bits per heavy atom. The SMILES string of the molecule is CC1=C(c2ccc3cc(OC[C@H](O)CF)ccc3n2)CCCN1. The predicted molar refractivity (Wildman–Crippen MR) is 89.1 cm³/mol. The van der Waals surface area contributed by atoms with Gasteiger partial charge in [-0.3, -0.25) is 0 Å². The molecule has 1 aliphatic heterocycles. The van der Waals surface area contributed by atoms with Crippen LogP contribution in [0.2, 0.25) is 0 Å². The summed E-state index contributed by atoms with van der Waals surface area (Å²) >= 11 is 0. The number of allylic oxidation sites excluding steroid dienone is 2. The summed E-state index contributed by atoms with van der Waals surface area (Å²) < 4.78 is 17.6. The Labute approximate surface area is 135 Å². The fraction of sp³-hybridized carbons (Fsp3) is 0.389. The number of hydrogen-bond acceptors (Lipinski definition) is 4. The van der Waals surface area contributed by atoms with Gasteiger partial charge in [-0.1, -0.05) is 6.07 Å². The van der Waals surface area contributed by atoms with Gasteiger partial charge in [0.1, 0.15) is 25.1 Å². The van der Waals surface area contributed by atoms with Crippen LogP contribution in [0.25, 0.3) is 16.5 Å². The second kappa shape index (κ2) is 6.96. The molecule has 2 heterocycles. The van der Waals surface area contributed by atoms with Crippen LogP contribution in [0.5, 0.6) is 5.75 Å². The van der Waals surface area contributed by atoms with Gasteiger partial charge in [0, 0.05) is 17.6 Å². The van der Waals surface area contributed by atoms with E-state index in [0.29, 0.717) is 5.75 Å². The van der Waals surface area contributed by atoms with E-state index in [-0.39, 0.29) is 6.61 Å². The Bertz CT molecular complexity index is 730. The number of halogens is 1. The van der Waals surface area contributed by atoms with Gasteiger partial charge < -0.3 is 15.2 Å². The van der Waals surface area contributed by atoms with E-state index < -0.39 is 12.8 Å². The molecule has 1 aromatic carbocycles. The first kappa shape index (κ1) is 15.7. The van der Waals surface area contributed by atoms with Gasteiger partial charge in [-0.25, -0.2) is 9.37 Å². The highest BCUT2D eigenvalue weighted by Gasteiger charge is 2.12. The van der Waals surface area contributed by atoms with Gasteiger partial charge in [0.25, 0.3) is 0 Å². The molecular weight excluding hydrogens is 295 g/mol. The first-order chi connectivity index (χ1) is 11.2. The Morgan fingerprint density at radius 1 is 1.35 bits per heavy atom. The summed E-state index contributed by atoms with van der Waals surface area (Å²) in [5, 5.41) is 13.6. The second-order valence-electron chi connectivity index (χ2n) is 5.80. The molecule has 1 atom stereocenters. The van der Waals surface area contributed by atoms with Gasteiger partial charge in [0.2, 0.25) is 0 Å². The molecule has 23 heavy (non-hydrogen) atoms. The zero-order chi connectivity index (χ0) is 16.2. The van der Waals surface area contributed by atoms with Crippen LogP contribution in [0.3, 0.4) is 0 Å². The minimum absolute atomic E-state index is 0.0503. The fourth-order valence-corrected chi connectivity index (χ4v) is 2.75. The van der Waals surface area contributed by atoms with E-state index in [9.17, 15) is 9.50 Å². The number of alkyl halides is 1. The van der Waals surface area contributed by atoms with E-state index >= 15 is 0 Å². The van der Waals surface area contributed by atoms with E-state index in [1.54, 1.807) is 6.07 Å². The van der Waals surface area contributed by atoms with Crippen molar-refractivity contribution in [3.05, 3.63) is 41.7 Å². The van der Waals surface area contributed by atoms with Crippen molar-refractivity contribution in [3.8, 4) is 5.75 Å². The first-order valence-electron chi connectivity index (χ1n) is 7.89. The van der Waals surface area contributed by atoms with Crippen LogP contribution in [-0.4, -0.2) is 36.0 Å². The molecular formula is C18H21FN2O2. The highest BCUT2D eigenvalue weighted by molar-refractivity contribution is 5.82. The maximum absolute atomic E-state index is 12.2. The standard InChI is InChI=1S/C18H21FN2O2/c1-12-16(3-2-8-20-12)18-6-4-13-9-15(5-7-17(13)21-18)23-11-14(22)10-19/h4-7,9,14,20,22H,2-3,8,10-11H2,1H3/t14-/m1/s1. The number of pyridine rings is 1. The molecule has 0 spiro atoms. The molecule has 2 N–H and O–H groups in total. The number of nitrogens with zero attached hydrogens (tertiary/aromatic N) is 1. The molecule has 1 aliphatic rings. The predicted octanol–water partition coefficient (Wildman–Crippen LogP) is 3.06. The molecule has 0 aliphatic carbocycles. The number of ether oxygens (including phenoxy) is 1. The third-order valence-electron chi connectivity index (χ3n) is 4.04. The summed E-state index contributed by atoms with van der Waals surface area (Å²) in [5.74, 6) is 0.606. The van der Waals surface area contributed by atoms with E-state index in [1.807, 2.05) is 24.3 Å². The monoisotopic (exact) mass is 316 g/mol. The summed E-state index contributed by atoms with van der Waals surface area (Å²) in [5.41, 5.74) is 4.36. The number of aliphatic hydroxyl groups excluding tert-OH is 1. The molecule has 0 radical (unpaired) electrons. The zero-order valence-corrected chi connectivity index (χ0v) is 13.2. The lowest BCUT2D eigenvalue weighted by atomic mass is 10.00. The van der Waals surface area contributed by atoms with Gasteiger partial charge in [-0.05, 0) is 49.6 Å². The number of aliphatic hydroxyl groups is 1. The van der Waals surface area contributed by atoms with Gasteiger partial charge in [-0.2, -0.15) is 0 Å². The van der Waals surface area contributed by atoms with Crippen LogP contribution in [0.1, 0.15) is 25.5 Å². The number of rotatable bonds is 5. The average molecular weight is 316 g/mol.